The van der Waals surface area contributed by atoms with Gasteiger partial charge in [-0.15, -0.1) is 0 Å². The van der Waals surface area contributed by atoms with E-state index in [2.05, 4.69) is 20.9 Å². The van der Waals surface area contributed by atoms with E-state index in [0.29, 0.717) is 5.19 Å². The third-order valence-electron chi connectivity index (χ3n) is 2.17. The van der Waals surface area contributed by atoms with E-state index in [1.54, 1.807) is 6.20 Å². The Labute approximate surface area is 119 Å². The van der Waals surface area contributed by atoms with E-state index in [0.717, 1.165) is 20.8 Å². The van der Waals surface area contributed by atoms with Crippen LogP contribution in [0.2, 0.25) is 0 Å². The van der Waals surface area contributed by atoms with Crippen LogP contribution in [0.4, 0.5) is 0 Å². The minimum absolute atomic E-state index is 0.172. The van der Waals surface area contributed by atoms with E-state index < -0.39 is 0 Å². The molecule has 18 heavy (non-hydrogen) atoms. The standard InChI is InChI=1S/C13H14BrNO2S/c1-8(2)16-11-5-4-10(6-9(11)3)17-13-15-7-12(14)18-13/h4-8H,1-3H3. The van der Waals surface area contributed by atoms with Crippen molar-refractivity contribution in [2.24, 2.45) is 0 Å². The quantitative estimate of drug-likeness (QED) is 0.808. The van der Waals surface area contributed by atoms with Gasteiger partial charge in [0.2, 0.25) is 0 Å². The van der Waals surface area contributed by atoms with Gasteiger partial charge in [-0.1, -0.05) is 11.3 Å². The predicted molar refractivity (Wildman–Crippen MR) is 76.8 cm³/mol. The largest absolute Gasteiger partial charge is 0.491 e. The van der Waals surface area contributed by atoms with Crippen molar-refractivity contribution >= 4 is 27.3 Å². The molecule has 5 heteroatoms. The highest BCUT2D eigenvalue weighted by molar-refractivity contribution is 9.11. The van der Waals surface area contributed by atoms with Gasteiger partial charge in [-0.25, -0.2) is 4.98 Å². The zero-order valence-electron chi connectivity index (χ0n) is 10.4. The topological polar surface area (TPSA) is 31.4 Å². The summed E-state index contributed by atoms with van der Waals surface area (Å²) in [5.41, 5.74) is 1.05. The lowest BCUT2D eigenvalue weighted by Gasteiger charge is -2.13. The van der Waals surface area contributed by atoms with Crippen LogP contribution >= 0.6 is 27.3 Å². The summed E-state index contributed by atoms with van der Waals surface area (Å²) in [6.45, 7) is 6.02. The van der Waals surface area contributed by atoms with E-state index >= 15 is 0 Å². The Morgan fingerprint density at radius 1 is 1.33 bits per heavy atom. The molecule has 1 heterocycles. The molecule has 0 aliphatic heterocycles. The average Bonchev–Trinajstić information content (AvgIpc) is 2.68. The Morgan fingerprint density at radius 2 is 2.11 bits per heavy atom. The smallest absolute Gasteiger partial charge is 0.279 e. The fourth-order valence-electron chi connectivity index (χ4n) is 1.46. The van der Waals surface area contributed by atoms with Gasteiger partial charge >= 0.3 is 0 Å². The zero-order valence-corrected chi connectivity index (χ0v) is 12.8. The second kappa shape index (κ2) is 5.71. The molecule has 96 valence electrons. The van der Waals surface area contributed by atoms with Crippen molar-refractivity contribution in [3.05, 3.63) is 33.7 Å². The maximum absolute atomic E-state index is 5.68. The number of benzene rings is 1. The summed E-state index contributed by atoms with van der Waals surface area (Å²) < 4.78 is 12.3. The molecule has 0 fully saturated rings. The fraction of sp³-hybridized carbons (Fsp3) is 0.308. The third kappa shape index (κ3) is 3.46. The van der Waals surface area contributed by atoms with Crippen molar-refractivity contribution in [3.8, 4) is 16.7 Å². The Hall–Kier alpha value is -1.07. The number of thiazole rings is 1. The van der Waals surface area contributed by atoms with Crippen LogP contribution in [0.3, 0.4) is 0 Å². The van der Waals surface area contributed by atoms with Gasteiger partial charge in [0, 0.05) is 0 Å². The molecule has 3 nitrogen and oxygen atoms in total. The molecule has 0 aliphatic rings. The molecule has 0 N–H and O–H groups in total. The van der Waals surface area contributed by atoms with Gasteiger partial charge in [-0.05, 0) is 60.5 Å². The van der Waals surface area contributed by atoms with Gasteiger partial charge in [0.15, 0.2) is 0 Å². The lowest BCUT2D eigenvalue weighted by atomic mass is 10.2. The van der Waals surface area contributed by atoms with Crippen LogP contribution in [0, 0.1) is 6.92 Å². The summed E-state index contributed by atoms with van der Waals surface area (Å²) in [7, 11) is 0. The van der Waals surface area contributed by atoms with Crippen LogP contribution in [0.15, 0.2) is 28.2 Å². The van der Waals surface area contributed by atoms with Gasteiger partial charge in [0.25, 0.3) is 5.19 Å². The molecule has 0 aliphatic carbocycles. The highest BCUT2D eigenvalue weighted by Gasteiger charge is 2.06. The minimum atomic E-state index is 0.172. The molecule has 2 rings (SSSR count). The second-order valence-corrected chi connectivity index (χ2v) is 6.50. The lowest BCUT2D eigenvalue weighted by Crippen LogP contribution is -2.06. The highest BCUT2D eigenvalue weighted by atomic mass is 79.9. The van der Waals surface area contributed by atoms with Gasteiger partial charge in [0.05, 0.1) is 16.1 Å². The lowest BCUT2D eigenvalue weighted by molar-refractivity contribution is 0.240. The van der Waals surface area contributed by atoms with E-state index in [1.165, 1.54) is 11.3 Å². The number of nitrogens with zero attached hydrogens (tertiary/aromatic N) is 1. The molecule has 0 unspecified atom stereocenters. The second-order valence-electron chi connectivity index (χ2n) is 4.13. The number of aryl methyl sites for hydroxylation is 1. The number of aromatic nitrogens is 1. The summed E-state index contributed by atoms with van der Waals surface area (Å²) >= 11 is 4.81. The van der Waals surface area contributed by atoms with Gasteiger partial charge in [-0.2, -0.15) is 0 Å². The number of hydrogen-bond donors (Lipinski definition) is 0. The number of halogens is 1. The molecule has 0 bridgehead atoms. The Kier molecular flexibility index (Phi) is 4.24. The summed E-state index contributed by atoms with van der Waals surface area (Å²) in [6, 6.07) is 5.76. The predicted octanol–water partition coefficient (Wildman–Crippen LogP) is 4.79. The summed E-state index contributed by atoms with van der Waals surface area (Å²) in [4.78, 5) is 4.13. The molecule has 0 atom stereocenters. The first kappa shape index (κ1) is 13.4. The van der Waals surface area contributed by atoms with E-state index in [-0.39, 0.29) is 6.10 Å². The molecule has 1 aromatic heterocycles. The van der Waals surface area contributed by atoms with E-state index in [4.69, 9.17) is 9.47 Å². The first-order valence-corrected chi connectivity index (χ1v) is 7.22. The van der Waals surface area contributed by atoms with Gasteiger partial charge < -0.3 is 9.47 Å². The molecule has 0 saturated heterocycles. The molecule has 0 amide bonds. The van der Waals surface area contributed by atoms with E-state index in [9.17, 15) is 0 Å². The van der Waals surface area contributed by atoms with Crippen molar-refractivity contribution in [1.82, 2.24) is 4.98 Å². The molecule has 0 radical (unpaired) electrons. The molecular formula is C13H14BrNO2S. The SMILES string of the molecule is Cc1cc(Oc2ncc(Br)s2)ccc1OC(C)C. The van der Waals surface area contributed by atoms with Crippen LogP contribution < -0.4 is 9.47 Å². The number of ether oxygens (including phenoxy) is 2. The minimum Gasteiger partial charge on any atom is -0.491 e. The van der Waals surface area contributed by atoms with Gasteiger partial charge in [-0.3, -0.25) is 0 Å². The van der Waals surface area contributed by atoms with Crippen molar-refractivity contribution in [1.29, 1.82) is 0 Å². The number of rotatable bonds is 4. The molecule has 0 spiro atoms. The van der Waals surface area contributed by atoms with Crippen LogP contribution in [-0.4, -0.2) is 11.1 Å². The molecule has 2 aromatic rings. The first-order valence-electron chi connectivity index (χ1n) is 5.61. The summed E-state index contributed by atoms with van der Waals surface area (Å²) in [6.07, 6.45) is 1.90. The highest BCUT2D eigenvalue weighted by Crippen LogP contribution is 2.31. The van der Waals surface area contributed by atoms with Crippen LogP contribution in [0.25, 0.3) is 0 Å². The number of hydrogen-bond acceptors (Lipinski definition) is 4. The summed E-state index contributed by atoms with van der Waals surface area (Å²) in [5, 5.41) is 0.624. The first-order chi connectivity index (χ1) is 8.54. The van der Waals surface area contributed by atoms with Crippen LogP contribution in [0.5, 0.6) is 16.7 Å². The van der Waals surface area contributed by atoms with Crippen molar-refractivity contribution in [2.75, 3.05) is 0 Å². The molecular weight excluding hydrogens is 314 g/mol. The maximum atomic E-state index is 5.68. The fourth-order valence-corrected chi connectivity index (χ4v) is 2.49. The van der Waals surface area contributed by atoms with Crippen molar-refractivity contribution in [2.45, 2.75) is 26.9 Å². The molecule has 0 saturated carbocycles. The van der Waals surface area contributed by atoms with Crippen molar-refractivity contribution < 1.29 is 9.47 Å². The Bertz CT molecular complexity index is 540. The van der Waals surface area contributed by atoms with Crippen LogP contribution in [-0.2, 0) is 0 Å². The Balaban J connectivity index is 2.13. The van der Waals surface area contributed by atoms with E-state index in [1.807, 2.05) is 39.0 Å². The normalized spacial score (nSPS) is 10.7. The average molecular weight is 328 g/mol. The monoisotopic (exact) mass is 327 g/mol. The van der Waals surface area contributed by atoms with Gasteiger partial charge in [0.1, 0.15) is 11.5 Å². The zero-order chi connectivity index (χ0) is 13.1. The van der Waals surface area contributed by atoms with Crippen molar-refractivity contribution in [3.63, 3.8) is 0 Å². The Morgan fingerprint density at radius 3 is 2.67 bits per heavy atom. The maximum Gasteiger partial charge on any atom is 0.279 e. The van der Waals surface area contributed by atoms with Crippen LogP contribution in [0.1, 0.15) is 19.4 Å². The molecule has 1 aromatic carbocycles. The summed E-state index contributed by atoms with van der Waals surface area (Å²) in [5.74, 6) is 1.66. The third-order valence-corrected chi connectivity index (χ3v) is 3.52.